The van der Waals surface area contributed by atoms with Gasteiger partial charge in [0.25, 0.3) is 0 Å². The van der Waals surface area contributed by atoms with Gasteiger partial charge >= 0.3 is 95.7 Å². The van der Waals surface area contributed by atoms with E-state index in [0.29, 0.717) is 20.9 Å². The van der Waals surface area contributed by atoms with Gasteiger partial charge in [0.2, 0.25) is 0 Å². The minimum atomic E-state index is 0.246. The maximum atomic E-state index is 11.6. The van der Waals surface area contributed by atoms with Gasteiger partial charge in [-0.1, -0.05) is 0 Å². The van der Waals surface area contributed by atoms with Crippen LogP contribution in [0.25, 0.3) is 9.65 Å². The van der Waals surface area contributed by atoms with Crippen LogP contribution in [0.3, 0.4) is 0 Å². The van der Waals surface area contributed by atoms with Crippen LogP contribution in [0.15, 0.2) is 18.2 Å². The molecule has 0 bridgehead atoms. The SMILES string of the molecule is CCC(=O)c1ccc2c(C)c(C)[se]c2c1. The van der Waals surface area contributed by atoms with Gasteiger partial charge in [-0.2, -0.15) is 0 Å². The van der Waals surface area contributed by atoms with Gasteiger partial charge in [0.1, 0.15) is 0 Å². The van der Waals surface area contributed by atoms with Crippen molar-refractivity contribution >= 4 is 29.9 Å². The molecule has 0 fully saturated rings. The number of ketones is 1. The zero-order chi connectivity index (χ0) is 11.0. The van der Waals surface area contributed by atoms with Crippen molar-refractivity contribution in [1.29, 1.82) is 0 Å². The molecule has 0 radical (unpaired) electrons. The van der Waals surface area contributed by atoms with Gasteiger partial charge in [-0.3, -0.25) is 0 Å². The van der Waals surface area contributed by atoms with Gasteiger partial charge in [-0.25, -0.2) is 0 Å². The predicted molar refractivity (Wildman–Crippen MR) is 65.0 cm³/mol. The van der Waals surface area contributed by atoms with Crippen molar-refractivity contribution in [1.82, 2.24) is 0 Å². The van der Waals surface area contributed by atoms with E-state index in [1.165, 1.54) is 19.6 Å². The molecule has 2 heteroatoms. The summed E-state index contributed by atoms with van der Waals surface area (Å²) in [5, 5.41) is 1.35. The van der Waals surface area contributed by atoms with Crippen molar-refractivity contribution in [3.05, 3.63) is 33.8 Å². The van der Waals surface area contributed by atoms with E-state index < -0.39 is 0 Å². The molecule has 0 atom stereocenters. The predicted octanol–water partition coefficient (Wildman–Crippen LogP) is 3.11. The fourth-order valence-electron chi connectivity index (χ4n) is 1.73. The van der Waals surface area contributed by atoms with Crippen LogP contribution in [-0.4, -0.2) is 20.3 Å². The zero-order valence-electron chi connectivity index (χ0n) is 9.26. The second-order valence-corrected chi connectivity index (χ2v) is 6.41. The average molecular weight is 265 g/mol. The van der Waals surface area contributed by atoms with Crippen molar-refractivity contribution in [2.45, 2.75) is 27.2 Å². The number of hydrogen-bond acceptors (Lipinski definition) is 1. The summed E-state index contributed by atoms with van der Waals surface area (Å²) in [5.74, 6) is 0.246. The number of carbonyl (C=O) groups excluding carboxylic acids is 1. The first-order chi connectivity index (χ1) is 7.13. The van der Waals surface area contributed by atoms with Gasteiger partial charge in [0, 0.05) is 0 Å². The van der Waals surface area contributed by atoms with E-state index in [1.54, 1.807) is 0 Å². The van der Waals surface area contributed by atoms with Gasteiger partial charge in [-0.15, -0.1) is 0 Å². The first-order valence-corrected chi connectivity index (χ1v) is 6.87. The third-order valence-electron chi connectivity index (χ3n) is 2.82. The number of Topliss-reactive ketones (excluding diaryl/α,β-unsaturated/α-hetero) is 1. The Labute approximate surface area is 95.9 Å². The molecule has 0 unspecified atom stereocenters. The van der Waals surface area contributed by atoms with Crippen LogP contribution < -0.4 is 0 Å². The van der Waals surface area contributed by atoms with Crippen LogP contribution in [0.5, 0.6) is 0 Å². The van der Waals surface area contributed by atoms with Crippen LogP contribution in [0.2, 0.25) is 0 Å². The molecule has 1 nitrogen and oxygen atoms in total. The molecule has 2 aromatic rings. The molecule has 0 saturated heterocycles. The summed E-state index contributed by atoms with van der Waals surface area (Å²) in [6, 6.07) is 6.15. The second-order valence-electron chi connectivity index (χ2n) is 3.77. The van der Waals surface area contributed by atoms with Gasteiger partial charge in [0.05, 0.1) is 0 Å². The van der Waals surface area contributed by atoms with Crippen LogP contribution in [0.4, 0.5) is 0 Å². The molecule has 0 spiro atoms. The molecule has 0 N–H and O–H groups in total. The quantitative estimate of drug-likeness (QED) is 0.602. The molecule has 78 valence electrons. The average Bonchev–Trinajstić information content (AvgIpc) is 2.53. The number of carbonyl (C=O) groups is 1. The van der Waals surface area contributed by atoms with E-state index in [-0.39, 0.29) is 5.78 Å². The van der Waals surface area contributed by atoms with Crippen LogP contribution >= 0.6 is 0 Å². The Hall–Kier alpha value is -0.851. The van der Waals surface area contributed by atoms with Crippen molar-refractivity contribution < 1.29 is 4.79 Å². The Morgan fingerprint density at radius 1 is 1.33 bits per heavy atom. The van der Waals surface area contributed by atoms with Crippen LogP contribution in [0, 0.1) is 13.8 Å². The molecule has 0 aliphatic heterocycles. The first kappa shape index (κ1) is 10.7. The van der Waals surface area contributed by atoms with Gasteiger partial charge in [0.15, 0.2) is 0 Å². The Balaban J connectivity index is 2.62. The maximum absolute atomic E-state index is 11.6. The monoisotopic (exact) mass is 266 g/mol. The molecular weight excluding hydrogens is 251 g/mol. The number of aryl methyl sites for hydroxylation is 2. The minimum absolute atomic E-state index is 0.246. The second kappa shape index (κ2) is 3.96. The fraction of sp³-hybridized carbons (Fsp3) is 0.308. The van der Waals surface area contributed by atoms with Crippen molar-refractivity contribution in [3.63, 3.8) is 0 Å². The topological polar surface area (TPSA) is 17.1 Å². The Morgan fingerprint density at radius 2 is 2.07 bits per heavy atom. The number of rotatable bonds is 2. The van der Waals surface area contributed by atoms with E-state index in [2.05, 4.69) is 26.0 Å². The Kier molecular flexibility index (Phi) is 2.81. The molecule has 0 saturated carbocycles. The third-order valence-corrected chi connectivity index (χ3v) is 5.27. The molecule has 0 aliphatic rings. The Morgan fingerprint density at radius 3 is 2.73 bits per heavy atom. The van der Waals surface area contributed by atoms with Gasteiger partial charge in [-0.05, 0) is 0 Å². The van der Waals surface area contributed by atoms with Crippen molar-refractivity contribution in [2.24, 2.45) is 0 Å². The molecule has 15 heavy (non-hydrogen) atoms. The number of fused-ring (bicyclic) bond motifs is 1. The summed E-state index contributed by atoms with van der Waals surface area (Å²) in [7, 11) is 0. The number of hydrogen-bond donors (Lipinski definition) is 0. The summed E-state index contributed by atoms with van der Waals surface area (Å²) >= 11 is 0.434. The van der Waals surface area contributed by atoms with E-state index in [0.717, 1.165) is 5.56 Å². The molecule has 1 aromatic carbocycles. The molecule has 0 amide bonds. The van der Waals surface area contributed by atoms with E-state index in [9.17, 15) is 4.79 Å². The zero-order valence-corrected chi connectivity index (χ0v) is 11.0. The van der Waals surface area contributed by atoms with Crippen molar-refractivity contribution in [3.8, 4) is 0 Å². The van der Waals surface area contributed by atoms with Gasteiger partial charge < -0.3 is 0 Å². The number of benzene rings is 1. The van der Waals surface area contributed by atoms with E-state index in [4.69, 9.17) is 0 Å². The van der Waals surface area contributed by atoms with E-state index >= 15 is 0 Å². The summed E-state index contributed by atoms with van der Waals surface area (Å²) < 4.78 is 2.86. The summed E-state index contributed by atoms with van der Waals surface area (Å²) in [4.78, 5) is 11.6. The molecular formula is C13H14OSe. The third kappa shape index (κ3) is 1.80. The summed E-state index contributed by atoms with van der Waals surface area (Å²) in [6.07, 6.45) is 0.594. The Bertz CT molecular complexity index is 523. The fourth-order valence-corrected chi connectivity index (χ4v) is 4.05. The normalized spacial score (nSPS) is 10.9. The standard InChI is InChI=1S/C13H14OSe/c1-4-12(14)10-5-6-11-8(2)9(3)15-13(11)7-10/h5-7H,4H2,1-3H3. The van der Waals surface area contributed by atoms with Crippen molar-refractivity contribution in [2.75, 3.05) is 0 Å². The summed E-state index contributed by atoms with van der Waals surface area (Å²) in [6.45, 7) is 6.27. The molecule has 2 rings (SSSR count). The molecule has 1 heterocycles. The summed E-state index contributed by atoms with van der Waals surface area (Å²) in [5.41, 5.74) is 2.28. The molecule has 1 aromatic heterocycles. The first-order valence-electron chi connectivity index (χ1n) is 5.16. The van der Waals surface area contributed by atoms with Crippen LogP contribution in [-0.2, 0) is 0 Å². The van der Waals surface area contributed by atoms with E-state index in [1.807, 2.05) is 13.0 Å². The molecule has 0 aliphatic carbocycles. The van der Waals surface area contributed by atoms with Crippen LogP contribution in [0.1, 0.15) is 33.7 Å².